The van der Waals surface area contributed by atoms with Crippen molar-refractivity contribution < 1.29 is 19.1 Å². The van der Waals surface area contributed by atoms with E-state index in [1.807, 2.05) is 12.1 Å². The molecule has 1 saturated carbocycles. The van der Waals surface area contributed by atoms with Gasteiger partial charge < -0.3 is 20.2 Å². The summed E-state index contributed by atoms with van der Waals surface area (Å²) in [5.41, 5.74) is 5.55. The first-order valence-electron chi connectivity index (χ1n) is 6.69. The molecule has 3 N–H and O–H groups in total. The number of rotatable bonds is 6. The Morgan fingerprint density at radius 1 is 1.55 bits per heavy atom. The SMILES string of the molecule is CC1CC1c1ccc(CN(C)C(=O)C(N)CC(=O)O)o1. The van der Waals surface area contributed by atoms with E-state index in [0.29, 0.717) is 24.1 Å². The quantitative estimate of drug-likeness (QED) is 0.815. The van der Waals surface area contributed by atoms with Crippen LogP contribution in [0.3, 0.4) is 0 Å². The largest absolute Gasteiger partial charge is 0.481 e. The molecule has 1 aromatic rings. The molecule has 110 valence electrons. The molecule has 1 aliphatic rings. The number of hydrogen-bond acceptors (Lipinski definition) is 4. The minimum Gasteiger partial charge on any atom is -0.481 e. The van der Waals surface area contributed by atoms with Gasteiger partial charge in [-0.15, -0.1) is 0 Å². The highest BCUT2D eigenvalue weighted by atomic mass is 16.4. The summed E-state index contributed by atoms with van der Waals surface area (Å²) in [5.74, 6) is 1.34. The molecule has 0 spiro atoms. The third kappa shape index (κ3) is 3.39. The molecule has 6 nitrogen and oxygen atoms in total. The smallest absolute Gasteiger partial charge is 0.305 e. The molecule has 0 radical (unpaired) electrons. The van der Waals surface area contributed by atoms with Gasteiger partial charge in [0.2, 0.25) is 5.91 Å². The monoisotopic (exact) mass is 280 g/mol. The van der Waals surface area contributed by atoms with Crippen molar-refractivity contribution in [3.05, 3.63) is 23.7 Å². The van der Waals surface area contributed by atoms with Crippen LogP contribution in [0.25, 0.3) is 0 Å². The van der Waals surface area contributed by atoms with Gasteiger partial charge in [0.25, 0.3) is 0 Å². The Morgan fingerprint density at radius 2 is 2.20 bits per heavy atom. The van der Waals surface area contributed by atoms with Crippen molar-refractivity contribution in [2.24, 2.45) is 11.7 Å². The molecule has 1 aliphatic carbocycles. The fraction of sp³-hybridized carbons (Fsp3) is 0.571. The van der Waals surface area contributed by atoms with E-state index in [2.05, 4.69) is 6.92 Å². The molecule has 1 amide bonds. The third-order valence-electron chi connectivity index (χ3n) is 3.64. The number of likely N-dealkylation sites (N-methyl/N-ethyl adjacent to an activating group) is 1. The fourth-order valence-electron chi connectivity index (χ4n) is 2.27. The molecule has 1 aromatic heterocycles. The minimum atomic E-state index is -1.08. The summed E-state index contributed by atoms with van der Waals surface area (Å²) in [4.78, 5) is 23.8. The summed E-state index contributed by atoms with van der Waals surface area (Å²) in [6.45, 7) is 2.47. The molecule has 3 unspecified atom stereocenters. The lowest BCUT2D eigenvalue weighted by Gasteiger charge is -2.19. The summed E-state index contributed by atoms with van der Waals surface area (Å²) in [6.07, 6.45) is 0.775. The van der Waals surface area contributed by atoms with Crippen LogP contribution in [-0.4, -0.2) is 35.0 Å². The van der Waals surface area contributed by atoms with Gasteiger partial charge in [0.15, 0.2) is 0 Å². The molecule has 0 saturated heterocycles. The number of carboxylic acid groups (broad SMARTS) is 1. The third-order valence-corrected chi connectivity index (χ3v) is 3.64. The van der Waals surface area contributed by atoms with Crippen molar-refractivity contribution in [1.29, 1.82) is 0 Å². The summed E-state index contributed by atoms with van der Waals surface area (Å²) in [6, 6.07) is 2.78. The van der Waals surface area contributed by atoms with Crippen LogP contribution in [0, 0.1) is 5.92 Å². The van der Waals surface area contributed by atoms with E-state index in [4.69, 9.17) is 15.3 Å². The Labute approximate surface area is 117 Å². The topological polar surface area (TPSA) is 96.8 Å². The predicted octanol–water partition coefficient (Wildman–Crippen LogP) is 1.16. The van der Waals surface area contributed by atoms with Crippen LogP contribution in [0.15, 0.2) is 16.5 Å². The highest BCUT2D eigenvalue weighted by Gasteiger charge is 2.36. The van der Waals surface area contributed by atoms with E-state index in [1.54, 1.807) is 7.05 Å². The number of furan rings is 1. The molecule has 0 bridgehead atoms. The number of nitrogens with zero attached hydrogens (tertiary/aromatic N) is 1. The number of hydrogen-bond donors (Lipinski definition) is 2. The standard InChI is InChI=1S/C14H20N2O4/c1-8-5-10(8)12-4-3-9(20-12)7-16(2)14(19)11(15)6-13(17)18/h3-4,8,10-11H,5-7,15H2,1-2H3,(H,17,18). The first-order valence-corrected chi connectivity index (χ1v) is 6.69. The van der Waals surface area contributed by atoms with E-state index >= 15 is 0 Å². The Kier molecular flexibility index (Phi) is 4.13. The van der Waals surface area contributed by atoms with E-state index < -0.39 is 17.9 Å². The Hall–Kier alpha value is -1.82. The van der Waals surface area contributed by atoms with Gasteiger partial charge in [-0.2, -0.15) is 0 Å². The van der Waals surface area contributed by atoms with Gasteiger partial charge in [0.1, 0.15) is 11.5 Å². The van der Waals surface area contributed by atoms with Crippen molar-refractivity contribution in [3.63, 3.8) is 0 Å². The first-order chi connectivity index (χ1) is 9.38. The first kappa shape index (κ1) is 14.6. The van der Waals surface area contributed by atoms with Crippen LogP contribution in [0.2, 0.25) is 0 Å². The summed E-state index contributed by atoms with van der Waals surface area (Å²) >= 11 is 0. The van der Waals surface area contributed by atoms with Crippen LogP contribution in [0.4, 0.5) is 0 Å². The highest BCUT2D eigenvalue weighted by molar-refractivity contribution is 5.85. The lowest BCUT2D eigenvalue weighted by atomic mass is 10.2. The maximum atomic E-state index is 11.9. The summed E-state index contributed by atoms with van der Waals surface area (Å²) in [7, 11) is 1.59. The molecule has 6 heteroatoms. The van der Waals surface area contributed by atoms with Crippen molar-refractivity contribution >= 4 is 11.9 Å². The molecule has 2 rings (SSSR count). The molecule has 3 atom stereocenters. The van der Waals surface area contributed by atoms with Crippen molar-refractivity contribution in [2.75, 3.05) is 7.05 Å². The van der Waals surface area contributed by atoms with Gasteiger partial charge in [-0.1, -0.05) is 6.92 Å². The highest BCUT2D eigenvalue weighted by Crippen LogP contribution is 2.47. The van der Waals surface area contributed by atoms with E-state index in [9.17, 15) is 9.59 Å². The van der Waals surface area contributed by atoms with E-state index in [1.165, 1.54) is 4.90 Å². The van der Waals surface area contributed by atoms with E-state index in [-0.39, 0.29) is 6.42 Å². The number of carbonyl (C=O) groups is 2. The van der Waals surface area contributed by atoms with Gasteiger partial charge in [-0.05, 0) is 24.5 Å². The van der Waals surface area contributed by atoms with Crippen molar-refractivity contribution in [1.82, 2.24) is 4.90 Å². The predicted molar refractivity (Wildman–Crippen MR) is 71.9 cm³/mol. The summed E-state index contributed by atoms with van der Waals surface area (Å²) in [5, 5.41) is 8.63. The molecule has 1 fully saturated rings. The lowest BCUT2D eigenvalue weighted by Crippen LogP contribution is -2.42. The number of aliphatic carboxylic acids is 1. The average Bonchev–Trinajstić information content (AvgIpc) is 2.91. The Balaban J connectivity index is 1.90. The van der Waals surface area contributed by atoms with Gasteiger partial charge in [-0.3, -0.25) is 9.59 Å². The zero-order valence-corrected chi connectivity index (χ0v) is 11.7. The van der Waals surface area contributed by atoms with Gasteiger partial charge >= 0.3 is 5.97 Å². The van der Waals surface area contributed by atoms with Gasteiger partial charge in [0.05, 0.1) is 19.0 Å². The minimum absolute atomic E-state index is 0.299. The maximum Gasteiger partial charge on any atom is 0.305 e. The molecular weight excluding hydrogens is 260 g/mol. The second-order valence-electron chi connectivity index (χ2n) is 5.52. The maximum absolute atomic E-state index is 11.9. The number of nitrogens with two attached hydrogens (primary N) is 1. The lowest BCUT2D eigenvalue weighted by molar-refractivity contribution is -0.141. The normalized spacial score (nSPS) is 22.4. The zero-order chi connectivity index (χ0) is 14.9. The zero-order valence-electron chi connectivity index (χ0n) is 11.7. The Morgan fingerprint density at radius 3 is 2.75 bits per heavy atom. The van der Waals surface area contributed by atoms with Crippen LogP contribution in [-0.2, 0) is 16.1 Å². The molecular formula is C14H20N2O4. The van der Waals surface area contributed by atoms with Crippen LogP contribution in [0.5, 0.6) is 0 Å². The van der Waals surface area contributed by atoms with Crippen LogP contribution >= 0.6 is 0 Å². The summed E-state index contributed by atoms with van der Waals surface area (Å²) < 4.78 is 5.71. The van der Waals surface area contributed by atoms with Crippen molar-refractivity contribution in [2.45, 2.75) is 38.3 Å². The number of carbonyl (C=O) groups excluding carboxylic acids is 1. The second kappa shape index (κ2) is 5.66. The Bertz CT molecular complexity index is 511. The van der Waals surface area contributed by atoms with Gasteiger partial charge in [0, 0.05) is 13.0 Å². The molecule has 1 heterocycles. The van der Waals surface area contributed by atoms with Gasteiger partial charge in [-0.25, -0.2) is 0 Å². The fourth-order valence-corrected chi connectivity index (χ4v) is 2.27. The van der Waals surface area contributed by atoms with Crippen LogP contribution < -0.4 is 5.73 Å². The average molecular weight is 280 g/mol. The number of amides is 1. The molecule has 0 aromatic carbocycles. The molecule has 0 aliphatic heterocycles. The number of carboxylic acids is 1. The second-order valence-corrected chi connectivity index (χ2v) is 5.52. The van der Waals surface area contributed by atoms with E-state index in [0.717, 1.165) is 12.2 Å². The van der Waals surface area contributed by atoms with Crippen molar-refractivity contribution in [3.8, 4) is 0 Å². The van der Waals surface area contributed by atoms with Crippen LogP contribution in [0.1, 0.15) is 37.2 Å². The molecule has 20 heavy (non-hydrogen) atoms.